The Morgan fingerprint density at radius 2 is 2.27 bits per heavy atom. The molecule has 3 heteroatoms. The summed E-state index contributed by atoms with van der Waals surface area (Å²) in [5.41, 5.74) is 1.65. The maximum absolute atomic E-state index is 8.82. The number of aliphatic hydroxyl groups is 1. The van der Waals surface area contributed by atoms with Crippen LogP contribution in [0.1, 0.15) is 11.3 Å². The van der Waals surface area contributed by atoms with Crippen molar-refractivity contribution in [3.63, 3.8) is 0 Å². The Morgan fingerprint density at radius 1 is 1.55 bits per heavy atom. The summed E-state index contributed by atoms with van der Waals surface area (Å²) in [6, 6.07) is 3.64. The van der Waals surface area contributed by atoms with Crippen LogP contribution in [0.2, 0.25) is 0 Å². The molecule has 1 heterocycles. The zero-order valence-electron chi connectivity index (χ0n) is 6.66. The molecule has 0 saturated carbocycles. The molecule has 1 aromatic rings. The number of methoxy groups -OCH3 is 1. The number of aliphatic hydroxyl groups excluding tert-OH is 1. The molecule has 0 aliphatic heterocycles. The second kappa shape index (κ2) is 3.34. The number of pyridine rings is 1. The highest BCUT2D eigenvalue weighted by atomic mass is 16.5. The summed E-state index contributed by atoms with van der Waals surface area (Å²) in [6.07, 6.45) is 0. The highest BCUT2D eigenvalue weighted by Crippen LogP contribution is 2.11. The van der Waals surface area contributed by atoms with Crippen molar-refractivity contribution in [2.45, 2.75) is 13.5 Å². The third-order valence-electron chi connectivity index (χ3n) is 1.54. The highest BCUT2D eigenvalue weighted by molar-refractivity contribution is 5.23. The van der Waals surface area contributed by atoms with E-state index in [-0.39, 0.29) is 6.61 Å². The number of nitrogens with zero attached hydrogens (tertiary/aromatic N) is 1. The van der Waals surface area contributed by atoms with Crippen LogP contribution in [-0.2, 0) is 6.61 Å². The second-order valence-electron chi connectivity index (χ2n) is 2.28. The molecule has 60 valence electrons. The first-order valence-corrected chi connectivity index (χ1v) is 3.39. The molecular weight excluding hydrogens is 142 g/mol. The first-order chi connectivity index (χ1) is 5.27. The van der Waals surface area contributed by atoms with Gasteiger partial charge in [-0.2, -0.15) is 0 Å². The minimum absolute atomic E-state index is 0.0387. The van der Waals surface area contributed by atoms with Gasteiger partial charge < -0.3 is 9.84 Å². The van der Waals surface area contributed by atoms with Crippen molar-refractivity contribution in [2.75, 3.05) is 7.11 Å². The van der Waals surface area contributed by atoms with Gasteiger partial charge in [-0.25, -0.2) is 4.98 Å². The molecule has 0 amide bonds. The maximum atomic E-state index is 8.82. The number of aryl methyl sites for hydroxylation is 1. The van der Waals surface area contributed by atoms with Crippen LogP contribution in [-0.4, -0.2) is 17.2 Å². The summed E-state index contributed by atoms with van der Waals surface area (Å²) >= 11 is 0. The van der Waals surface area contributed by atoms with Crippen LogP contribution < -0.4 is 4.74 Å². The molecule has 0 bridgehead atoms. The molecule has 1 aromatic heterocycles. The largest absolute Gasteiger partial charge is 0.481 e. The zero-order chi connectivity index (χ0) is 8.27. The molecule has 1 N–H and O–H groups in total. The number of ether oxygens (including phenoxy) is 1. The molecule has 0 aliphatic rings. The van der Waals surface area contributed by atoms with Crippen molar-refractivity contribution >= 4 is 0 Å². The quantitative estimate of drug-likeness (QED) is 0.686. The van der Waals surface area contributed by atoms with Crippen LogP contribution in [0.3, 0.4) is 0 Å². The van der Waals surface area contributed by atoms with Crippen molar-refractivity contribution in [3.8, 4) is 5.88 Å². The standard InChI is InChI=1S/C8H11NO2/c1-6-3-4-8(11-2)9-7(6)5-10/h3-4,10H,5H2,1-2H3. The lowest BCUT2D eigenvalue weighted by Gasteiger charge is -2.03. The lowest BCUT2D eigenvalue weighted by Crippen LogP contribution is -1.96. The van der Waals surface area contributed by atoms with Crippen LogP contribution in [0.5, 0.6) is 5.88 Å². The van der Waals surface area contributed by atoms with Gasteiger partial charge in [0.15, 0.2) is 0 Å². The number of hydrogen-bond donors (Lipinski definition) is 1. The maximum Gasteiger partial charge on any atom is 0.213 e. The van der Waals surface area contributed by atoms with Gasteiger partial charge in [0.2, 0.25) is 5.88 Å². The van der Waals surface area contributed by atoms with Crippen LogP contribution >= 0.6 is 0 Å². The Morgan fingerprint density at radius 3 is 2.82 bits per heavy atom. The molecule has 0 spiro atoms. The smallest absolute Gasteiger partial charge is 0.213 e. The average molecular weight is 153 g/mol. The van der Waals surface area contributed by atoms with E-state index in [2.05, 4.69) is 4.98 Å². The number of rotatable bonds is 2. The molecule has 0 radical (unpaired) electrons. The van der Waals surface area contributed by atoms with Gasteiger partial charge in [0, 0.05) is 6.07 Å². The topological polar surface area (TPSA) is 42.4 Å². The fraction of sp³-hybridized carbons (Fsp3) is 0.375. The molecule has 0 aromatic carbocycles. The van der Waals surface area contributed by atoms with Crippen molar-refractivity contribution in [2.24, 2.45) is 0 Å². The van der Waals surface area contributed by atoms with Crippen LogP contribution in [0.4, 0.5) is 0 Å². The summed E-state index contributed by atoms with van der Waals surface area (Å²) in [4.78, 5) is 4.04. The first-order valence-electron chi connectivity index (χ1n) is 3.39. The predicted molar refractivity (Wildman–Crippen MR) is 41.4 cm³/mol. The summed E-state index contributed by atoms with van der Waals surface area (Å²) in [5, 5.41) is 8.82. The van der Waals surface area contributed by atoms with E-state index in [1.165, 1.54) is 0 Å². The van der Waals surface area contributed by atoms with E-state index >= 15 is 0 Å². The monoisotopic (exact) mass is 153 g/mol. The van der Waals surface area contributed by atoms with E-state index in [0.717, 1.165) is 5.56 Å². The van der Waals surface area contributed by atoms with E-state index in [9.17, 15) is 0 Å². The minimum Gasteiger partial charge on any atom is -0.481 e. The summed E-state index contributed by atoms with van der Waals surface area (Å²) in [5.74, 6) is 0.541. The van der Waals surface area contributed by atoms with E-state index in [0.29, 0.717) is 11.6 Å². The second-order valence-corrected chi connectivity index (χ2v) is 2.28. The third-order valence-corrected chi connectivity index (χ3v) is 1.54. The van der Waals surface area contributed by atoms with E-state index in [1.807, 2.05) is 13.0 Å². The number of aromatic nitrogens is 1. The Kier molecular flexibility index (Phi) is 2.44. The lowest BCUT2D eigenvalue weighted by atomic mass is 10.2. The number of hydrogen-bond acceptors (Lipinski definition) is 3. The molecule has 0 saturated heterocycles. The summed E-state index contributed by atoms with van der Waals surface area (Å²) in [7, 11) is 1.55. The molecule has 1 rings (SSSR count). The first kappa shape index (κ1) is 8.01. The van der Waals surface area contributed by atoms with Crippen molar-refractivity contribution < 1.29 is 9.84 Å². The normalized spacial score (nSPS) is 9.73. The SMILES string of the molecule is COc1ccc(C)c(CO)n1. The lowest BCUT2D eigenvalue weighted by molar-refractivity contribution is 0.273. The van der Waals surface area contributed by atoms with Gasteiger partial charge >= 0.3 is 0 Å². The van der Waals surface area contributed by atoms with Crippen molar-refractivity contribution in [1.29, 1.82) is 0 Å². The molecule has 0 atom stereocenters. The molecule has 0 unspecified atom stereocenters. The minimum atomic E-state index is -0.0387. The van der Waals surface area contributed by atoms with Gasteiger partial charge in [-0.15, -0.1) is 0 Å². The fourth-order valence-electron chi connectivity index (χ4n) is 0.825. The van der Waals surface area contributed by atoms with Crippen molar-refractivity contribution in [1.82, 2.24) is 4.98 Å². The molecule has 0 fully saturated rings. The summed E-state index contributed by atoms with van der Waals surface area (Å²) in [6.45, 7) is 1.86. The van der Waals surface area contributed by atoms with E-state index < -0.39 is 0 Å². The Hall–Kier alpha value is -1.09. The van der Waals surface area contributed by atoms with Gasteiger partial charge in [-0.05, 0) is 12.5 Å². The van der Waals surface area contributed by atoms with Crippen LogP contribution in [0, 0.1) is 6.92 Å². The van der Waals surface area contributed by atoms with Crippen molar-refractivity contribution in [3.05, 3.63) is 23.4 Å². The van der Waals surface area contributed by atoms with Crippen LogP contribution in [0.15, 0.2) is 12.1 Å². The molecule has 11 heavy (non-hydrogen) atoms. The molecular formula is C8H11NO2. The fourth-order valence-corrected chi connectivity index (χ4v) is 0.825. The molecule has 3 nitrogen and oxygen atoms in total. The van der Waals surface area contributed by atoms with E-state index in [1.54, 1.807) is 13.2 Å². The highest BCUT2D eigenvalue weighted by Gasteiger charge is 1.99. The van der Waals surface area contributed by atoms with Gasteiger partial charge in [0.05, 0.1) is 19.4 Å². The zero-order valence-corrected chi connectivity index (χ0v) is 6.66. The third kappa shape index (κ3) is 1.68. The van der Waals surface area contributed by atoms with Gasteiger partial charge in [-0.1, -0.05) is 6.07 Å². The predicted octanol–water partition coefficient (Wildman–Crippen LogP) is 0.891. The Balaban J connectivity index is 3.02. The van der Waals surface area contributed by atoms with E-state index in [4.69, 9.17) is 9.84 Å². The summed E-state index contributed by atoms with van der Waals surface area (Å²) < 4.78 is 4.89. The molecule has 0 aliphatic carbocycles. The van der Waals surface area contributed by atoms with Gasteiger partial charge in [-0.3, -0.25) is 0 Å². The van der Waals surface area contributed by atoms with Gasteiger partial charge in [0.25, 0.3) is 0 Å². The Labute approximate surface area is 65.7 Å². The van der Waals surface area contributed by atoms with Gasteiger partial charge in [0.1, 0.15) is 0 Å². The Bertz CT molecular complexity index is 248. The van der Waals surface area contributed by atoms with Crippen LogP contribution in [0.25, 0.3) is 0 Å². The average Bonchev–Trinajstić information content (AvgIpc) is 2.05.